The molecule has 3 rings (SSSR count). The summed E-state index contributed by atoms with van der Waals surface area (Å²) in [4.78, 5) is 10.2. The summed E-state index contributed by atoms with van der Waals surface area (Å²) < 4.78 is 17.5. The minimum absolute atomic E-state index is 0.0626. The van der Waals surface area contributed by atoms with E-state index in [0.29, 0.717) is 11.1 Å². The number of fused-ring (bicyclic) bond motifs is 1. The van der Waals surface area contributed by atoms with Crippen LogP contribution in [0.4, 0.5) is 0 Å². The van der Waals surface area contributed by atoms with Crippen LogP contribution in [0.2, 0.25) is 0 Å². The van der Waals surface area contributed by atoms with Gasteiger partial charge in [-0.2, -0.15) is 0 Å². The van der Waals surface area contributed by atoms with Crippen LogP contribution in [0.5, 0.6) is 5.75 Å². The van der Waals surface area contributed by atoms with Gasteiger partial charge in [-0.1, -0.05) is 42.5 Å². The van der Waals surface area contributed by atoms with Gasteiger partial charge in [0.25, 0.3) is 0 Å². The monoisotopic (exact) mass is 328 g/mol. The lowest BCUT2D eigenvalue weighted by Crippen LogP contribution is -2.10. The van der Waals surface area contributed by atoms with Crippen molar-refractivity contribution >= 4 is 23.7 Å². The molecular weight excluding hydrogens is 311 g/mol. The molecule has 2 N–H and O–H groups in total. The molecule has 4 nitrogen and oxygen atoms in total. The third-order valence-electron chi connectivity index (χ3n) is 3.67. The number of benzene rings is 3. The smallest absolute Gasteiger partial charge is 0.359 e. The lowest BCUT2D eigenvalue weighted by molar-refractivity contribution is 0.284. The molecule has 0 fully saturated rings. The first kappa shape index (κ1) is 15.8. The summed E-state index contributed by atoms with van der Waals surface area (Å²) in [5.41, 5.74) is 1.00. The highest BCUT2D eigenvalue weighted by atomic mass is 31.2. The second-order valence-electron chi connectivity index (χ2n) is 5.17. The molecule has 0 bridgehead atoms. The lowest BCUT2D eigenvalue weighted by Gasteiger charge is -2.16. The minimum Gasteiger partial charge on any atom is -0.507 e. The Labute approximate surface area is 134 Å². The first-order valence-electron chi connectivity index (χ1n) is 7.32. The SMILES string of the molecule is CCOP(=O)(O)c1ccccc1-c1cc2ccccc2cc1O. The maximum Gasteiger partial charge on any atom is 0.359 e. The van der Waals surface area contributed by atoms with E-state index in [0.717, 1.165) is 10.8 Å². The van der Waals surface area contributed by atoms with Gasteiger partial charge in [-0.15, -0.1) is 0 Å². The van der Waals surface area contributed by atoms with Crippen molar-refractivity contribution in [2.75, 3.05) is 6.61 Å². The molecule has 3 aromatic rings. The topological polar surface area (TPSA) is 66.8 Å². The number of rotatable bonds is 4. The van der Waals surface area contributed by atoms with E-state index in [4.69, 9.17) is 4.52 Å². The summed E-state index contributed by atoms with van der Waals surface area (Å²) in [6.45, 7) is 1.80. The van der Waals surface area contributed by atoms with E-state index in [-0.39, 0.29) is 17.7 Å². The quantitative estimate of drug-likeness (QED) is 0.709. The molecule has 0 saturated carbocycles. The minimum atomic E-state index is -3.94. The maximum absolute atomic E-state index is 12.4. The number of phenols is 1. The van der Waals surface area contributed by atoms with Crippen LogP contribution in [0.15, 0.2) is 60.7 Å². The molecule has 0 aliphatic heterocycles. The highest BCUT2D eigenvalue weighted by molar-refractivity contribution is 7.61. The number of hydrogen-bond acceptors (Lipinski definition) is 3. The van der Waals surface area contributed by atoms with Gasteiger partial charge in [-0.25, -0.2) is 0 Å². The van der Waals surface area contributed by atoms with Crippen molar-refractivity contribution in [3.05, 3.63) is 60.7 Å². The Morgan fingerprint density at radius 2 is 1.57 bits per heavy atom. The van der Waals surface area contributed by atoms with Crippen molar-refractivity contribution in [3.8, 4) is 16.9 Å². The molecule has 1 atom stereocenters. The van der Waals surface area contributed by atoms with Crippen LogP contribution >= 0.6 is 7.60 Å². The van der Waals surface area contributed by atoms with E-state index in [1.54, 1.807) is 37.3 Å². The fourth-order valence-electron chi connectivity index (χ4n) is 2.64. The van der Waals surface area contributed by atoms with Crippen molar-refractivity contribution < 1.29 is 19.1 Å². The summed E-state index contributed by atoms with van der Waals surface area (Å²) in [6.07, 6.45) is 0. The fraction of sp³-hybridized carbons (Fsp3) is 0.111. The molecule has 0 aliphatic carbocycles. The normalized spacial score (nSPS) is 13.8. The maximum atomic E-state index is 12.4. The predicted molar refractivity (Wildman–Crippen MR) is 92.1 cm³/mol. The Morgan fingerprint density at radius 1 is 0.957 bits per heavy atom. The second kappa shape index (κ2) is 6.17. The average Bonchev–Trinajstić information content (AvgIpc) is 2.54. The van der Waals surface area contributed by atoms with Gasteiger partial charge in [-0.05, 0) is 35.9 Å². The second-order valence-corrected chi connectivity index (χ2v) is 6.95. The van der Waals surface area contributed by atoms with Crippen LogP contribution in [0, 0.1) is 0 Å². The molecule has 23 heavy (non-hydrogen) atoms. The zero-order valence-electron chi connectivity index (χ0n) is 12.6. The fourth-order valence-corrected chi connectivity index (χ4v) is 3.90. The van der Waals surface area contributed by atoms with Crippen molar-refractivity contribution in [1.29, 1.82) is 0 Å². The molecule has 118 valence electrons. The van der Waals surface area contributed by atoms with Crippen molar-refractivity contribution in [2.24, 2.45) is 0 Å². The molecule has 0 saturated heterocycles. The van der Waals surface area contributed by atoms with Gasteiger partial charge in [0.2, 0.25) is 0 Å². The molecular formula is C18H17O4P. The van der Waals surface area contributed by atoms with Crippen molar-refractivity contribution in [3.63, 3.8) is 0 Å². The van der Waals surface area contributed by atoms with Gasteiger partial charge >= 0.3 is 7.60 Å². The zero-order valence-corrected chi connectivity index (χ0v) is 13.5. The first-order valence-corrected chi connectivity index (χ1v) is 8.90. The Kier molecular flexibility index (Phi) is 4.22. The van der Waals surface area contributed by atoms with Gasteiger partial charge in [0.05, 0.1) is 11.9 Å². The van der Waals surface area contributed by atoms with Gasteiger partial charge in [0.15, 0.2) is 0 Å². The Hall–Kier alpha value is -2.13. The van der Waals surface area contributed by atoms with Crippen LogP contribution < -0.4 is 5.30 Å². The van der Waals surface area contributed by atoms with Crippen LogP contribution in [0.1, 0.15) is 6.92 Å². The van der Waals surface area contributed by atoms with Crippen LogP contribution in [0.25, 0.3) is 21.9 Å². The number of hydrogen-bond donors (Lipinski definition) is 2. The largest absolute Gasteiger partial charge is 0.507 e. The highest BCUT2D eigenvalue weighted by Crippen LogP contribution is 2.45. The van der Waals surface area contributed by atoms with E-state index < -0.39 is 7.60 Å². The van der Waals surface area contributed by atoms with Crippen LogP contribution in [-0.2, 0) is 9.09 Å². The van der Waals surface area contributed by atoms with E-state index >= 15 is 0 Å². The van der Waals surface area contributed by atoms with E-state index in [1.165, 1.54) is 0 Å². The van der Waals surface area contributed by atoms with Crippen LogP contribution in [0.3, 0.4) is 0 Å². The van der Waals surface area contributed by atoms with Gasteiger partial charge in [0, 0.05) is 11.1 Å². The summed E-state index contributed by atoms with van der Waals surface area (Å²) in [6, 6.07) is 17.8. The summed E-state index contributed by atoms with van der Waals surface area (Å²) in [5, 5.41) is 12.4. The number of phenolic OH excluding ortho intramolecular Hbond substituents is 1. The number of aromatic hydroxyl groups is 1. The molecule has 0 amide bonds. The van der Waals surface area contributed by atoms with Gasteiger partial charge < -0.3 is 14.5 Å². The zero-order chi connectivity index (χ0) is 16.4. The Bertz CT molecular complexity index is 904. The van der Waals surface area contributed by atoms with Crippen LogP contribution in [-0.4, -0.2) is 16.6 Å². The summed E-state index contributed by atoms with van der Waals surface area (Å²) in [7, 11) is -3.94. The van der Waals surface area contributed by atoms with Gasteiger partial charge in [0.1, 0.15) is 5.75 Å². The van der Waals surface area contributed by atoms with Crippen molar-refractivity contribution in [1.82, 2.24) is 0 Å². The predicted octanol–water partition coefficient (Wildman–Crippen LogP) is 4.06. The van der Waals surface area contributed by atoms with Gasteiger partial charge in [-0.3, -0.25) is 4.57 Å². The molecule has 0 radical (unpaired) electrons. The van der Waals surface area contributed by atoms with E-state index in [9.17, 15) is 14.6 Å². The van der Waals surface area contributed by atoms with Crippen molar-refractivity contribution in [2.45, 2.75) is 6.92 Å². The molecule has 0 aromatic heterocycles. The van der Waals surface area contributed by atoms with E-state index in [1.807, 2.05) is 30.3 Å². The van der Waals surface area contributed by atoms with E-state index in [2.05, 4.69) is 0 Å². The summed E-state index contributed by atoms with van der Waals surface area (Å²) >= 11 is 0. The lowest BCUT2D eigenvalue weighted by atomic mass is 10.00. The summed E-state index contributed by atoms with van der Waals surface area (Å²) in [5.74, 6) is 0.0626. The standard InChI is InChI=1S/C18H17O4P/c1-2-22-23(20,21)18-10-6-5-9-15(18)16-11-13-7-3-4-8-14(13)12-17(16)19/h3-12,19H,2H2,1H3,(H,20,21). The molecule has 1 unspecified atom stereocenters. The average molecular weight is 328 g/mol. The molecule has 0 heterocycles. The molecule has 3 aromatic carbocycles. The molecule has 5 heteroatoms. The Balaban J connectivity index is 2.24. The first-order chi connectivity index (χ1) is 11.0. The Morgan fingerprint density at radius 3 is 2.26 bits per heavy atom. The molecule has 0 aliphatic rings. The highest BCUT2D eigenvalue weighted by Gasteiger charge is 2.26. The third kappa shape index (κ3) is 3.02. The third-order valence-corrected chi connectivity index (χ3v) is 5.27. The molecule has 0 spiro atoms.